The average molecular weight is 558 g/mol. The second kappa shape index (κ2) is 11.8. The second-order valence-corrected chi connectivity index (χ2v) is 11.6. The lowest BCUT2D eigenvalue weighted by molar-refractivity contribution is -0.120. The minimum absolute atomic E-state index is 0.0698. The number of nitrogens with zero attached hydrogens (tertiary/aromatic N) is 1. The van der Waals surface area contributed by atoms with Crippen molar-refractivity contribution >= 4 is 62.4 Å². The first kappa shape index (κ1) is 26.0. The van der Waals surface area contributed by atoms with Crippen molar-refractivity contribution in [2.75, 3.05) is 5.32 Å². The maximum atomic E-state index is 13.2. The molecule has 0 spiro atoms. The number of benzene rings is 4. The van der Waals surface area contributed by atoms with Crippen LogP contribution in [0.25, 0.3) is 10.2 Å². The van der Waals surface area contributed by atoms with E-state index in [-0.39, 0.29) is 23.1 Å². The van der Waals surface area contributed by atoms with Gasteiger partial charge in [-0.25, -0.2) is 4.98 Å². The molecule has 0 saturated carbocycles. The van der Waals surface area contributed by atoms with Crippen LogP contribution >= 0.6 is 34.7 Å². The van der Waals surface area contributed by atoms with Gasteiger partial charge in [0.15, 0.2) is 4.34 Å². The number of carbonyl (C=O) groups excluding carboxylic acids is 2. The summed E-state index contributed by atoms with van der Waals surface area (Å²) in [6, 6.07) is 32.2. The molecule has 0 aliphatic heterocycles. The number of amides is 2. The Morgan fingerprint density at radius 2 is 1.50 bits per heavy atom. The van der Waals surface area contributed by atoms with E-state index >= 15 is 0 Å². The molecule has 1 heterocycles. The molecular formula is C30H24ClN3O2S2. The van der Waals surface area contributed by atoms with Crippen LogP contribution in [-0.4, -0.2) is 22.0 Å². The number of aromatic nitrogens is 1. The zero-order chi connectivity index (χ0) is 26.5. The number of thioether (sulfide) groups is 1. The van der Waals surface area contributed by atoms with Crippen LogP contribution in [0.4, 0.5) is 5.69 Å². The van der Waals surface area contributed by atoms with E-state index < -0.39 is 0 Å². The summed E-state index contributed by atoms with van der Waals surface area (Å²) in [5.41, 5.74) is 3.93. The lowest BCUT2D eigenvalue weighted by atomic mass is 9.98. The molecule has 0 aliphatic carbocycles. The highest BCUT2D eigenvalue weighted by molar-refractivity contribution is 8.02. The van der Waals surface area contributed by atoms with E-state index in [0.29, 0.717) is 16.3 Å². The summed E-state index contributed by atoms with van der Waals surface area (Å²) in [5.74, 6) is -0.342. The molecule has 1 unspecified atom stereocenters. The highest BCUT2D eigenvalue weighted by Crippen LogP contribution is 2.34. The Bertz CT molecular complexity index is 1540. The normalized spacial score (nSPS) is 11.9. The first-order valence-electron chi connectivity index (χ1n) is 12.0. The number of nitrogens with one attached hydrogen (secondary N) is 2. The lowest BCUT2D eigenvalue weighted by Gasteiger charge is -2.21. The molecule has 8 heteroatoms. The number of carbonyl (C=O) groups is 2. The predicted octanol–water partition coefficient (Wildman–Crippen LogP) is 7.59. The van der Waals surface area contributed by atoms with E-state index in [4.69, 9.17) is 16.6 Å². The van der Waals surface area contributed by atoms with Crippen LogP contribution in [0.1, 0.15) is 34.5 Å². The van der Waals surface area contributed by atoms with E-state index in [2.05, 4.69) is 10.6 Å². The molecule has 190 valence electrons. The highest BCUT2D eigenvalue weighted by Gasteiger charge is 2.22. The van der Waals surface area contributed by atoms with Crippen LogP contribution in [0.5, 0.6) is 0 Å². The van der Waals surface area contributed by atoms with Gasteiger partial charge in [-0.3, -0.25) is 9.59 Å². The largest absolute Gasteiger partial charge is 0.344 e. The van der Waals surface area contributed by atoms with Crippen LogP contribution in [0.3, 0.4) is 0 Å². The van der Waals surface area contributed by atoms with Gasteiger partial charge in [0.05, 0.1) is 32.1 Å². The Balaban J connectivity index is 1.28. The zero-order valence-electron chi connectivity index (χ0n) is 20.4. The summed E-state index contributed by atoms with van der Waals surface area (Å²) in [5, 5.41) is 6.15. The zero-order valence-corrected chi connectivity index (χ0v) is 22.8. The van der Waals surface area contributed by atoms with Gasteiger partial charge in [0.25, 0.3) is 5.91 Å². The Kier molecular flexibility index (Phi) is 8.08. The van der Waals surface area contributed by atoms with Crippen molar-refractivity contribution in [1.29, 1.82) is 0 Å². The molecule has 1 atom stereocenters. The number of thiazole rings is 1. The van der Waals surface area contributed by atoms with E-state index in [0.717, 1.165) is 25.7 Å². The smallest absolute Gasteiger partial charge is 0.257 e. The molecule has 2 N–H and O–H groups in total. The number of anilines is 1. The van der Waals surface area contributed by atoms with Gasteiger partial charge in [0.2, 0.25) is 5.91 Å². The monoisotopic (exact) mass is 557 g/mol. The summed E-state index contributed by atoms with van der Waals surface area (Å²) < 4.78 is 1.71. The molecule has 0 saturated heterocycles. The minimum atomic E-state index is -0.357. The third-order valence-corrected chi connectivity index (χ3v) is 8.49. The van der Waals surface area contributed by atoms with Crippen molar-refractivity contribution in [1.82, 2.24) is 10.3 Å². The molecule has 0 radical (unpaired) electrons. The number of fused-ring (bicyclic) bond motifs is 1. The van der Waals surface area contributed by atoms with E-state index in [1.54, 1.807) is 24.3 Å². The van der Waals surface area contributed by atoms with Gasteiger partial charge >= 0.3 is 0 Å². The Morgan fingerprint density at radius 1 is 0.868 bits per heavy atom. The number of rotatable bonds is 8. The average Bonchev–Trinajstić information content (AvgIpc) is 3.34. The van der Waals surface area contributed by atoms with Crippen LogP contribution in [-0.2, 0) is 4.79 Å². The molecular weight excluding hydrogens is 534 g/mol. The third kappa shape index (κ3) is 6.07. The second-order valence-electron chi connectivity index (χ2n) is 8.62. The molecule has 0 aliphatic rings. The number of hydrogen-bond donors (Lipinski definition) is 2. The van der Waals surface area contributed by atoms with E-state index in [9.17, 15) is 9.59 Å². The van der Waals surface area contributed by atoms with Crippen molar-refractivity contribution in [2.45, 2.75) is 22.6 Å². The summed E-state index contributed by atoms with van der Waals surface area (Å²) in [6.07, 6.45) is 0. The van der Waals surface area contributed by atoms with Crippen LogP contribution in [0.15, 0.2) is 107 Å². The van der Waals surface area contributed by atoms with Crippen molar-refractivity contribution in [3.8, 4) is 0 Å². The predicted molar refractivity (Wildman–Crippen MR) is 157 cm³/mol. The lowest BCUT2D eigenvalue weighted by Crippen LogP contribution is -2.34. The molecule has 5 aromatic rings. The molecule has 5 nitrogen and oxygen atoms in total. The SMILES string of the molecule is CC(Sc1nc2ccc(NC(=O)c3ccccc3Cl)cc2s1)C(=O)NC(c1ccccc1)c1ccccc1. The Labute approximate surface area is 234 Å². The first-order chi connectivity index (χ1) is 18.5. The third-order valence-electron chi connectivity index (χ3n) is 5.94. The van der Waals surface area contributed by atoms with Gasteiger partial charge in [-0.05, 0) is 48.4 Å². The summed E-state index contributed by atoms with van der Waals surface area (Å²) in [4.78, 5) is 30.6. The van der Waals surface area contributed by atoms with Crippen LogP contribution in [0.2, 0.25) is 5.02 Å². The Morgan fingerprint density at radius 3 is 2.16 bits per heavy atom. The number of hydrogen-bond acceptors (Lipinski definition) is 5. The molecule has 2 amide bonds. The van der Waals surface area contributed by atoms with Crippen molar-refractivity contribution in [3.63, 3.8) is 0 Å². The molecule has 5 rings (SSSR count). The molecule has 1 aromatic heterocycles. The summed E-state index contributed by atoms with van der Waals surface area (Å²) >= 11 is 9.06. The fourth-order valence-corrected chi connectivity index (χ4v) is 6.47. The molecule has 0 fully saturated rings. The van der Waals surface area contributed by atoms with Gasteiger partial charge in [-0.15, -0.1) is 11.3 Å². The van der Waals surface area contributed by atoms with Crippen molar-refractivity contribution in [2.24, 2.45) is 0 Å². The van der Waals surface area contributed by atoms with Gasteiger partial charge in [-0.1, -0.05) is 96.2 Å². The summed E-state index contributed by atoms with van der Waals surface area (Å²) in [6.45, 7) is 1.88. The quantitative estimate of drug-likeness (QED) is 0.193. The Hall–Kier alpha value is -3.65. The topological polar surface area (TPSA) is 71.1 Å². The van der Waals surface area contributed by atoms with Crippen LogP contribution < -0.4 is 10.6 Å². The van der Waals surface area contributed by atoms with Gasteiger partial charge in [-0.2, -0.15) is 0 Å². The van der Waals surface area contributed by atoms with Gasteiger partial charge in [0.1, 0.15) is 0 Å². The maximum Gasteiger partial charge on any atom is 0.257 e. The molecule has 0 bridgehead atoms. The van der Waals surface area contributed by atoms with E-state index in [1.807, 2.05) is 85.8 Å². The van der Waals surface area contributed by atoms with E-state index in [1.165, 1.54) is 23.1 Å². The maximum absolute atomic E-state index is 13.2. The molecule has 4 aromatic carbocycles. The number of halogens is 1. The van der Waals surface area contributed by atoms with Crippen molar-refractivity contribution < 1.29 is 9.59 Å². The molecule has 38 heavy (non-hydrogen) atoms. The van der Waals surface area contributed by atoms with Gasteiger partial charge < -0.3 is 10.6 Å². The minimum Gasteiger partial charge on any atom is -0.344 e. The van der Waals surface area contributed by atoms with Crippen LogP contribution in [0, 0.1) is 0 Å². The fourth-order valence-electron chi connectivity index (χ4n) is 3.99. The standard InChI is InChI=1S/C30H24ClN3O2S2/c1-19(28(35)34-27(20-10-4-2-5-11-20)21-12-6-3-7-13-21)37-30-33-25-17-16-22(18-26(25)38-30)32-29(36)23-14-8-9-15-24(23)31/h2-19,27H,1H3,(H,32,36)(H,34,35). The van der Waals surface area contributed by atoms with Crippen molar-refractivity contribution in [3.05, 3.63) is 125 Å². The van der Waals surface area contributed by atoms with Gasteiger partial charge in [0, 0.05) is 5.69 Å². The fraction of sp³-hybridized carbons (Fsp3) is 0.100. The first-order valence-corrected chi connectivity index (χ1v) is 14.1. The highest BCUT2D eigenvalue weighted by atomic mass is 35.5. The summed E-state index contributed by atoms with van der Waals surface area (Å²) in [7, 11) is 0.